The third-order valence-corrected chi connectivity index (χ3v) is 4.00. The maximum Gasteiger partial charge on any atom is 0.0884 e. The van der Waals surface area contributed by atoms with Crippen molar-refractivity contribution in [3.05, 3.63) is 29.8 Å². The minimum Gasteiger partial charge on any atom is -0.394 e. The van der Waals surface area contributed by atoms with E-state index in [0.29, 0.717) is 6.54 Å². The van der Waals surface area contributed by atoms with Crippen LogP contribution in [0.25, 0.3) is 0 Å². The van der Waals surface area contributed by atoms with Crippen molar-refractivity contribution < 1.29 is 15.3 Å². The molecule has 4 N–H and O–H groups in total. The van der Waals surface area contributed by atoms with Crippen molar-refractivity contribution in [3.63, 3.8) is 0 Å². The zero-order valence-electron chi connectivity index (χ0n) is 11.8. The summed E-state index contributed by atoms with van der Waals surface area (Å²) < 4.78 is 0. The Bertz CT molecular complexity index is 407. The quantitative estimate of drug-likeness (QED) is 0.570. The van der Waals surface area contributed by atoms with Crippen LogP contribution < -0.4 is 10.2 Å². The Labute approximate surface area is 119 Å². The number of aliphatic hydroxyl groups excluding tert-OH is 3. The van der Waals surface area contributed by atoms with E-state index < -0.39 is 5.54 Å². The lowest BCUT2D eigenvalue weighted by Crippen LogP contribution is -2.54. The van der Waals surface area contributed by atoms with Gasteiger partial charge in [-0.3, -0.25) is 0 Å². The van der Waals surface area contributed by atoms with Crippen LogP contribution in [0, 0.1) is 0 Å². The monoisotopic (exact) mass is 280 g/mol. The summed E-state index contributed by atoms with van der Waals surface area (Å²) in [6.07, 6.45) is 2.44. The van der Waals surface area contributed by atoms with Crippen molar-refractivity contribution in [2.45, 2.75) is 24.9 Å². The van der Waals surface area contributed by atoms with Crippen molar-refractivity contribution in [2.75, 3.05) is 37.8 Å². The molecule has 0 atom stereocenters. The van der Waals surface area contributed by atoms with Crippen LogP contribution in [-0.2, 0) is 6.54 Å². The highest BCUT2D eigenvalue weighted by atomic mass is 16.3. The molecular weight excluding hydrogens is 256 g/mol. The van der Waals surface area contributed by atoms with Crippen molar-refractivity contribution >= 4 is 5.69 Å². The fourth-order valence-electron chi connectivity index (χ4n) is 2.53. The van der Waals surface area contributed by atoms with Crippen molar-refractivity contribution in [2.24, 2.45) is 0 Å². The molecular formula is C15H24N2O3. The average Bonchev–Trinajstić information content (AvgIpc) is 3.04. The third-order valence-electron chi connectivity index (χ3n) is 4.00. The summed E-state index contributed by atoms with van der Waals surface area (Å²) in [4.78, 5) is 2.36. The molecule has 1 heterocycles. The van der Waals surface area contributed by atoms with Crippen LogP contribution in [0.4, 0.5) is 5.69 Å². The predicted octanol–water partition coefficient (Wildman–Crippen LogP) is 0.0921. The number of nitrogens with one attached hydrogen (secondary N) is 1. The molecule has 0 spiro atoms. The van der Waals surface area contributed by atoms with E-state index in [4.69, 9.17) is 0 Å². The Balaban J connectivity index is 2.09. The number of hydrogen-bond donors (Lipinski definition) is 4. The fraction of sp³-hybridized carbons (Fsp3) is 0.600. The van der Waals surface area contributed by atoms with Gasteiger partial charge in [0.05, 0.1) is 25.4 Å². The number of hydrogen-bond acceptors (Lipinski definition) is 5. The molecule has 0 aromatic heterocycles. The molecule has 0 amide bonds. The Kier molecular flexibility index (Phi) is 5.37. The predicted molar refractivity (Wildman–Crippen MR) is 78.7 cm³/mol. The Morgan fingerprint density at radius 2 is 1.60 bits per heavy atom. The van der Waals surface area contributed by atoms with Crippen LogP contribution in [0.3, 0.4) is 0 Å². The van der Waals surface area contributed by atoms with Gasteiger partial charge in [-0.2, -0.15) is 0 Å². The van der Waals surface area contributed by atoms with Crippen molar-refractivity contribution in [1.82, 2.24) is 5.32 Å². The van der Waals surface area contributed by atoms with Crippen LogP contribution in [0.5, 0.6) is 0 Å². The summed E-state index contributed by atoms with van der Waals surface area (Å²) in [5.74, 6) is 0. The minimum atomic E-state index is -1.03. The zero-order chi connectivity index (χ0) is 14.4. The van der Waals surface area contributed by atoms with Gasteiger partial charge < -0.3 is 25.5 Å². The first-order valence-corrected chi connectivity index (χ1v) is 7.15. The number of nitrogens with zero attached hydrogens (tertiary/aromatic N) is 1. The third kappa shape index (κ3) is 3.30. The van der Waals surface area contributed by atoms with Gasteiger partial charge in [0.15, 0.2) is 0 Å². The van der Waals surface area contributed by atoms with E-state index in [-0.39, 0.29) is 19.8 Å². The van der Waals surface area contributed by atoms with Gasteiger partial charge in [-0.15, -0.1) is 0 Å². The lowest BCUT2D eigenvalue weighted by atomic mass is 10.0. The van der Waals surface area contributed by atoms with Crippen molar-refractivity contribution in [1.29, 1.82) is 0 Å². The average molecular weight is 280 g/mol. The van der Waals surface area contributed by atoms with Crippen LogP contribution in [-0.4, -0.2) is 53.8 Å². The number of para-hydroxylation sites is 1. The van der Waals surface area contributed by atoms with Gasteiger partial charge >= 0.3 is 0 Å². The summed E-state index contributed by atoms with van der Waals surface area (Å²) in [5.41, 5.74) is 1.28. The van der Waals surface area contributed by atoms with Gasteiger partial charge in [-0.25, -0.2) is 0 Å². The molecule has 0 saturated carbocycles. The van der Waals surface area contributed by atoms with Crippen LogP contribution in [0.15, 0.2) is 24.3 Å². The first-order chi connectivity index (χ1) is 9.74. The lowest BCUT2D eigenvalue weighted by molar-refractivity contribution is 0.0414. The first kappa shape index (κ1) is 15.3. The smallest absolute Gasteiger partial charge is 0.0884 e. The van der Waals surface area contributed by atoms with E-state index in [2.05, 4.69) is 16.3 Å². The Morgan fingerprint density at radius 3 is 2.20 bits per heavy atom. The summed E-state index contributed by atoms with van der Waals surface area (Å²) in [5, 5.41) is 31.1. The molecule has 0 radical (unpaired) electrons. The fourth-order valence-corrected chi connectivity index (χ4v) is 2.53. The normalized spacial score (nSPS) is 15.8. The number of anilines is 1. The number of benzene rings is 1. The van der Waals surface area contributed by atoms with E-state index in [9.17, 15) is 15.3 Å². The molecule has 0 aliphatic carbocycles. The zero-order valence-corrected chi connectivity index (χ0v) is 11.8. The van der Waals surface area contributed by atoms with Crippen LogP contribution in [0.1, 0.15) is 18.4 Å². The van der Waals surface area contributed by atoms with Crippen LogP contribution >= 0.6 is 0 Å². The van der Waals surface area contributed by atoms with Gasteiger partial charge in [0, 0.05) is 25.3 Å². The number of rotatable bonds is 7. The molecule has 20 heavy (non-hydrogen) atoms. The molecule has 5 nitrogen and oxygen atoms in total. The standard InChI is InChI=1S/C15H24N2O3/c18-10-15(11-19,12-20)16-9-13-5-1-2-6-14(13)17-7-3-4-8-17/h1-2,5-6,16,18-20H,3-4,7-12H2. The second-order valence-corrected chi connectivity index (χ2v) is 5.43. The number of aliphatic hydroxyl groups is 3. The maximum absolute atomic E-state index is 9.34. The van der Waals surface area contributed by atoms with Gasteiger partial charge in [-0.1, -0.05) is 18.2 Å². The summed E-state index contributed by atoms with van der Waals surface area (Å²) >= 11 is 0. The topological polar surface area (TPSA) is 76.0 Å². The van der Waals surface area contributed by atoms with E-state index >= 15 is 0 Å². The van der Waals surface area contributed by atoms with Crippen molar-refractivity contribution in [3.8, 4) is 0 Å². The van der Waals surface area contributed by atoms with E-state index in [1.54, 1.807) is 0 Å². The van der Waals surface area contributed by atoms with Gasteiger partial charge in [0.25, 0.3) is 0 Å². The molecule has 5 heteroatoms. The SMILES string of the molecule is OCC(CO)(CO)NCc1ccccc1N1CCCC1. The molecule has 1 aliphatic rings. The molecule has 112 valence electrons. The summed E-state index contributed by atoms with van der Waals surface area (Å²) in [6.45, 7) is 1.75. The largest absolute Gasteiger partial charge is 0.394 e. The summed E-state index contributed by atoms with van der Waals surface area (Å²) in [7, 11) is 0. The molecule has 1 saturated heterocycles. The lowest BCUT2D eigenvalue weighted by Gasteiger charge is -2.30. The Hall–Kier alpha value is -1.14. The van der Waals surface area contributed by atoms with E-state index in [1.807, 2.05) is 18.2 Å². The highest BCUT2D eigenvalue weighted by Crippen LogP contribution is 2.24. The van der Waals surface area contributed by atoms with Crippen LogP contribution in [0.2, 0.25) is 0 Å². The molecule has 2 rings (SSSR count). The molecule has 1 aromatic carbocycles. The van der Waals surface area contributed by atoms with E-state index in [0.717, 1.165) is 18.7 Å². The van der Waals surface area contributed by atoms with Gasteiger partial charge in [0.2, 0.25) is 0 Å². The van der Waals surface area contributed by atoms with Gasteiger partial charge in [0.1, 0.15) is 0 Å². The molecule has 0 bridgehead atoms. The molecule has 1 aliphatic heterocycles. The Morgan fingerprint density at radius 1 is 1.00 bits per heavy atom. The molecule has 1 fully saturated rings. The molecule has 0 unspecified atom stereocenters. The maximum atomic E-state index is 9.34. The molecule has 1 aromatic rings. The highest BCUT2D eigenvalue weighted by Gasteiger charge is 2.27. The first-order valence-electron chi connectivity index (χ1n) is 7.15. The minimum absolute atomic E-state index is 0.300. The van der Waals surface area contributed by atoms with E-state index in [1.165, 1.54) is 18.5 Å². The van der Waals surface area contributed by atoms with Gasteiger partial charge in [-0.05, 0) is 24.5 Å². The highest BCUT2D eigenvalue weighted by molar-refractivity contribution is 5.54. The second-order valence-electron chi connectivity index (χ2n) is 5.43. The second kappa shape index (κ2) is 7.04. The summed E-state index contributed by atoms with van der Waals surface area (Å²) in [6, 6.07) is 8.14.